The topological polar surface area (TPSA) is 71.2 Å². The van der Waals surface area contributed by atoms with Gasteiger partial charge < -0.3 is 10.5 Å². The van der Waals surface area contributed by atoms with E-state index in [1.165, 1.54) is 24.8 Å². The van der Waals surface area contributed by atoms with Gasteiger partial charge in [-0.05, 0) is 86.4 Å². The van der Waals surface area contributed by atoms with Gasteiger partial charge in [0.25, 0.3) is 0 Å². The first-order chi connectivity index (χ1) is 19.1. The summed E-state index contributed by atoms with van der Waals surface area (Å²) in [5.74, 6) is 1.74. The number of para-hydroxylation sites is 2. The van der Waals surface area contributed by atoms with E-state index in [0.29, 0.717) is 17.5 Å². The number of hydrogen-bond donors (Lipinski definition) is 1. The fraction of sp³-hybridized carbons (Fsp3) is 0.394. The Morgan fingerprint density at radius 2 is 1.49 bits per heavy atom. The molecule has 2 saturated carbocycles. The Hall–Kier alpha value is -3.80. The van der Waals surface area contributed by atoms with Gasteiger partial charge in [-0.25, -0.2) is 9.80 Å². The number of nitrogen functional groups attached to an aromatic ring is 1. The van der Waals surface area contributed by atoms with Crippen LogP contribution in [0.4, 0.5) is 21.9 Å². The van der Waals surface area contributed by atoms with Crippen LogP contribution in [0.1, 0.15) is 74.8 Å². The van der Waals surface area contributed by atoms with Crippen LogP contribution in [0.15, 0.2) is 77.9 Å². The third-order valence-corrected chi connectivity index (χ3v) is 8.79. The zero-order chi connectivity index (χ0) is 26.8. The number of nitrogens with zero attached hydrogens (tertiary/aromatic N) is 3. The molecule has 6 heteroatoms. The average molecular weight is 523 g/mol. The third-order valence-electron chi connectivity index (χ3n) is 8.79. The van der Waals surface area contributed by atoms with Crippen molar-refractivity contribution in [1.82, 2.24) is 5.01 Å². The second-order valence-electron chi connectivity index (χ2n) is 11.1. The first-order valence-corrected chi connectivity index (χ1v) is 14.4. The van der Waals surface area contributed by atoms with E-state index in [1.54, 1.807) is 7.11 Å². The fourth-order valence-electron chi connectivity index (χ4n) is 6.73. The minimum absolute atomic E-state index is 0.0487. The lowest BCUT2D eigenvalue weighted by Gasteiger charge is -2.36. The SMILES string of the molecule is COc1ccccc1C1CCC(N2N=C(C3CCCCC3)c3ccccc3N(c3ccc(N)cc3)C2=O)CC1. The molecule has 1 heterocycles. The number of hydrogen-bond acceptors (Lipinski definition) is 4. The van der Waals surface area contributed by atoms with Gasteiger partial charge in [-0.15, -0.1) is 0 Å². The van der Waals surface area contributed by atoms with Crippen LogP contribution in [-0.4, -0.2) is 29.9 Å². The molecule has 0 aromatic heterocycles. The number of hydrazone groups is 1. The number of carbonyl (C=O) groups is 1. The second-order valence-corrected chi connectivity index (χ2v) is 11.1. The van der Waals surface area contributed by atoms with Crippen molar-refractivity contribution in [3.63, 3.8) is 0 Å². The van der Waals surface area contributed by atoms with Crippen molar-refractivity contribution in [2.75, 3.05) is 17.7 Å². The van der Waals surface area contributed by atoms with Gasteiger partial charge in [0.15, 0.2) is 0 Å². The highest BCUT2D eigenvalue weighted by Crippen LogP contribution is 2.42. The largest absolute Gasteiger partial charge is 0.496 e. The third kappa shape index (κ3) is 5.00. The van der Waals surface area contributed by atoms with Crippen LogP contribution in [-0.2, 0) is 0 Å². The van der Waals surface area contributed by atoms with Crippen LogP contribution in [0.5, 0.6) is 5.75 Å². The van der Waals surface area contributed by atoms with Gasteiger partial charge in [0.1, 0.15) is 5.75 Å². The highest BCUT2D eigenvalue weighted by Gasteiger charge is 2.38. The number of nitrogens with two attached hydrogens (primary N) is 1. The molecule has 0 unspecified atom stereocenters. The van der Waals surface area contributed by atoms with E-state index in [1.807, 2.05) is 52.4 Å². The number of rotatable bonds is 5. The van der Waals surface area contributed by atoms with E-state index in [-0.39, 0.29) is 12.1 Å². The standard InChI is InChI=1S/C33H38N4O2/c1-39-31-14-8-6-11-28(31)23-15-19-27(20-16-23)37-33(38)36(26-21-17-25(34)18-22-26)30-13-7-5-12-29(30)32(35-37)24-9-3-2-4-10-24/h5-8,11-14,17-18,21-24,27H,2-4,9-10,15-16,19-20,34H2,1H3. The lowest BCUT2D eigenvalue weighted by molar-refractivity contribution is 0.162. The Bertz CT molecular complexity index is 1340. The van der Waals surface area contributed by atoms with Gasteiger partial charge in [-0.2, -0.15) is 5.10 Å². The predicted octanol–water partition coefficient (Wildman–Crippen LogP) is 7.86. The Morgan fingerprint density at radius 3 is 2.23 bits per heavy atom. The highest BCUT2D eigenvalue weighted by molar-refractivity contribution is 6.13. The molecule has 3 aliphatic rings. The maximum absolute atomic E-state index is 14.5. The summed E-state index contributed by atoms with van der Waals surface area (Å²) in [5.41, 5.74) is 11.8. The zero-order valence-electron chi connectivity index (χ0n) is 22.8. The number of fused-ring (bicyclic) bond motifs is 1. The summed E-state index contributed by atoms with van der Waals surface area (Å²) in [4.78, 5) is 16.3. The van der Waals surface area contributed by atoms with Gasteiger partial charge in [0.05, 0.1) is 30.2 Å². The molecule has 3 aromatic carbocycles. The normalized spacial score (nSPS) is 22.2. The van der Waals surface area contributed by atoms with Gasteiger partial charge in [-0.1, -0.05) is 55.7 Å². The number of urea groups is 1. The van der Waals surface area contributed by atoms with Crippen molar-refractivity contribution < 1.29 is 9.53 Å². The molecule has 2 fully saturated rings. The minimum Gasteiger partial charge on any atom is -0.496 e. The van der Waals surface area contributed by atoms with Crippen molar-refractivity contribution >= 4 is 28.8 Å². The van der Waals surface area contributed by atoms with Gasteiger partial charge >= 0.3 is 6.03 Å². The molecular formula is C33H38N4O2. The van der Waals surface area contributed by atoms with E-state index in [4.69, 9.17) is 15.6 Å². The maximum atomic E-state index is 14.5. The number of carbonyl (C=O) groups excluding carboxylic acids is 1. The lowest BCUT2D eigenvalue weighted by Crippen LogP contribution is -2.44. The molecule has 3 aromatic rings. The van der Waals surface area contributed by atoms with Crippen LogP contribution < -0.4 is 15.4 Å². The smallest absolute Gasteiger partial charge is 0.349 e. The number of methoxy groups -OCH3 is 1. The van der Waals surface area contributed by atoms with E-state index >= 15 is 0 Å². The maximum Gasteiger partial charge on any atom is 0.349 e. The summed E-state index contributed by atoms with van der Waals surface area (Å²) >= 11 is 0. The highest BCUT2D eigenvalue weighted by atomic mass is 16.5. The number of amides is 2. The summed E-state index contributed by atoms with van der Waals surface area (Å²) in [5, 5.41) is 7.11. The summed E-state index contributed by atoms with van der Waals surface area (Å²) in [6.45, 7) is 0. The molecule has 2 aliphatic carbocycles. The number of ether oxygens (including phenoxy) is 1. The first-order valence-electron chi connectivity index (χ1n) is 14.4. The van der Waals surface area contributed by atoms with Crippen LogP contribution in [0.3, 0.4) is 0 Å². The first kappa shape index (κ1) is 25.5. The molecule has 2 amide bonds. The van der Waals surface area contributed by atoms with E-state index < -0.39 is 0 Å². The van der Waals surface area contributed by atoms with Gasteiger partial charge in [0, 0.05) is 17.2 Å². The molecule has 39 heavy (non-hydrogen) atoms. The van der Waals surface area contributed by atoms with Crippen molar-refractivity contribution in [1.29, 1.82) is 0 Å². The Morgan fingerprint density at radius 1 is 0.795 bits per heavy atom. The Labute approximate surface area is 231 Å². The minimum atomic E-state index is -0.0845. The van der Waals surface area contributed by atoms with E-state index in [9.17, 15) is 4.79 Å². The Balaban J connectivity index is 1.37. The number of anilines is 3. The zero-order valence-corrected chi connectivity index (χ0v) is 22.8. The van der Waals surface area contributed by atoms with Crippen molar-refractivity contribution in [2.24, 2.45) is 11.0 Å². The van der Waals surface area contributed by atoms with Crippen LogP contribution >= 0.6 is 0 Å². The summed E-state index contributed by atoms with van der Waals surface area (Å²) < 4.78 is 5.66. The van der Waals surface area contributed by atoms with Gasteiger partial charge in [-0.3, -0.25) is 4.90 Å². The van der Waals surface area contributed by atoms with Gasteiger partial charge in [0.2, 0.25) is 0 Å². The summed E-state index contributed by atoms with van der Waals surface area (Å²) in [7, 11) is 1.74. The molecule has 0 spiro atoms. The summed E-state index contributed by atoms with van der Waals surface area (Å²) in [6, 6.07) is 24.2. The molecule has 1 aliphatic heterocycles. The predicted molar refractivity (Wildman–Crippen MR) is 158 cm³/mol. The van der Waals surface area contributed by atoms with Crippen molar-refractivity contribution in [3.05, 3.63) is 83.9 Å². The van der Waals surface area contributed by atoms with Crippen LogP contribution in [0.2, 0.25) is 0 Å². The fourth-order valence-corrected chi connectivity index (χ4v) is 6.73. The number of benzene rings is 3. The average Bonchev–Trinajstić information content (AvgIpc) is 3.12. The molecule has 0 saturated heterocycles. The monoisotopic (exact) mass is 522 g/mol. The molecule has 2 N–H and O–H groups in total. The molecule has 0 radical (unpaired) electrons. The second kappa shape index (κ2) is 11.1. The molecule has 6 nitrogen and oxygen atoms in total. The lowest BCUT2D eigenvalue weighted by atomic mass is 9.81. The van der Waals surface area contributed by atoms with Crippen molar-refractivity contribution in [2.45, 2.75) is 69.7 Å². The van der Waals surface area contributed by atoms with E-state index in [0.717, 1.165) is 66.9 Å². The van der Waals surface area contributed by atoms with Crippen LogP contribution in [0.25, 0.3) is 0 Å². The summed E-state index contributed by atoms with van der Waals surface area (Å²) in [6.07, 6.45) is 9.75. The molecule has 0 atom stereocenters. The van der Waals surface area contributed by atoms with E-state index in [2.05, 4.69) is 30.3 Å². The molecular weight excluding hydrogens is 484 g/mol. The van der Waals surface area contributed by atoms with Crippen molar-refractivity contribution in [3.8, 4) is 5.75 Å². The molecule has 0 bridgehead atoms. The molecule has 6 rings (SSSR count). The molecule has 202 valence electrons. The quantitative estimate of drug-likeness (QED) is 0.347. The Kier molecular flexibility index (Phi) is 7.27. The van der Waals surface area contributed by atoms with Crippen LogP contribution in [0, 0.1) is 5.92 Å².